The van der Waals surface area contributed by atoms with Crippen LogP contribution < -0.4 is 0 Å². The molecule has 0 spiro atoms. The molecule has 2 aliphatic rings. The van der Waals surface area contributed by atoms with Gasteiger partial charge in [-0.15, -0.1) is 0 Å². The van der Waals surface area contributed by atoms with Crippen LogP contribution in [-0.4, -0.2) is 24.4 Å². The first-order chi connectivity index (χ1) is 5.79. The first kappa shape index (κ1) is 8.52. The van der Waals surface area contributed by atoms with Gasteiger partial charge in [0.05, 0.1) is 19.3 Å². The third-order valence-electron chi connectivity index (χ3n) is 3.82. The Hall–Kier alpha value is -0.0800. The highest BCUT2D eigenvalue weighted by molar-refractivity contribution is 4.97. The Balaban J connectivity index is 2.19. The second-order valence-corrected chi connectivity index (χ2v) is 4.36. The van der Waals surface area contributed by atoms with E-state index in [4.69, 9.17) is 4.74 Å². The van der Waals surface area contributed by atoms with Crippen LogP contribution in [-0.2, 0) is 4.74 Å². The maximum absolute atomic E-state index is 9.44. The van der Waals surface area contributed by atoms with Crippen molar-refractivity contribution in [2.24, 2.45) is 11.3 Å². The van der Waals surface area contributed by atoms with Gasteiger partial charge in [-0.05, 0) is 18.8 Å². The van der Waals surface area contributed by atoms with Crippen LogP contribution in [0.5, 0.6) is 0 Å². The molecule has 1 aliphatic heterocycles. The van der Waals surface area contributed by atoms with Crippen molar-refractivity contribution in [1.82, 2.24) is 0 Å². The lowest BCUT2D eigenvalue weighted by molar-refractivity contribution is -0.0222. The topological polar surface area (TPSA) is 29.5 Å². The molecule has 3 atom stereocenters. The first-order valence-electron chi connectivity index (χ1n) is 5.02. The molecule has 70 valence electrons. The Morgan fingerprint density at radius 2 is 2.33 bits per heavy atom. The minimum absolute atomic E-state index is 0.123. The number of aliphatic hydroxyl groups is 1. The number of fused-ring (bicyclic) bond motifs is 1. The molecule has 1 saturated heterocycles. The Labute approximate surface area is 73.9 Å². The number of rotatable bonds is 1. The number of hydrogen-bond donors (Lipinski definition) is 1. The molecule has 1 heterocycles. The molecule has 2 rings (SSSR count). The van der Waals surface area contributed by atoms with Gasteiger partial charge in [0.25, 0.3) is 0 Å². The van der Waals surface area contributed by atoms with Gasteiger partial charge in [0.1, 0.15) is 0 Å². The molecular formula is C10H18O2. The molecule has 2 nitrogen and oxygen atoms in total. The van der Waals surface area contributed by atoms with Crippen LogP contribution in [0.1, 0.15) is 32.6 Å². The predicted octanol–water partition coefficient (Wildman–Crippen LogP) is 1.57. The van der Waals surface area contributed by atoms with Crippen LogP contribution in [0.4, 0.5) is 0 Å². The van der Waals surface area contributed by atoms with E-state index in [0.29, 0.717) is 18.6 Å². The fourth-order valence-corrected chi connectivity index (χ4v) is 2.81. The monoisotopic (exact) mass is 170 g/mol. The van der Waals surface area contributed by atoms with Crippen LogP contribution >= 0.6 is 0 Å². The van der Waals surface area contributed by atoms with E-state index in [2.05, 4.69) is 6.92 Å². The van der Waals surface area contributed by atoms with Crippen LogP contribution in [0.25, 0.3) is 0 Å². The fraction of sp³-hybridized carbons (Fsp3) is 1.00. The van der Waals surface area contributed by atoms with Crippen molar-refractivity contribution in [1.29, 1.82) is 0 Å². The smallest absolute Gasteiger partial charge is 0.0656 e. The van der Waals surface area contributed by atoms with Gasteiger partial charge < -0.3 is 9.84 Å². The summed E-state index contributed by atoms with van der Waals surface area (Å²) in [4.78, 5) is 0. The molecule has 1 N–H and O–H groups in total. The predicted molar refractivity (Wildman–Crippen MR) is 46.9 cm³/mol. The van der Waals surface area contributed by atoms with E-state index < -0.39 is 0 Å². The Bertz CT molecular complexity index is 167. The largest absolute Gasteiger partial charge is 0.396 e. The van der Waals surface area contributed by atoms with Crippen molar-refractivity contribution in [3.05, 3.63) is 0 Å². The van der Waals surface area contributed by atoms with Crippen molar-refractivity contribution >= 4 is 0 Å². The fourth-order valence-electron chi connectivity index (χ4n) is 2.81. The minimum atomic E-state index is 0.123. The SMILES string of the molecule is C[C@@H]1CO[C@@H]2CCCC[C@]12CO. The molecule has 1 aliphatic carbocycles. The standard InChI is InChI=1S/C10H18O2/c1-8-6-12-9-4-2-3-5-10(8,9)7-11/h8-9,11H,2-7H2,1H3/t8-,9-,10+/m1/s1. The van der Waals surface area contributed by atoms with Crippen molar-refractivity contribution < 1.29 is 9.84 Å². The summed E-state index contributed by atoms with van der Waals surface area (Å²) >= 11 is 0. The number of aliphatic hydroxyl groups excluding tert-OH is 1. The number of hydrogen-bond acceptors (Lipinski definition) is 2. The van der Waals surface area contributed by atoms with Gasteiger partial charge in [-0.1, -0.05) is 19.8 Å². The molecular weight excluding hydrogens is 152 g/mol. The highest BCUT2D eigenvalue weighted by atomic mass is 16.5. The maximum atomic E-state index is 9.44. The van der Waals surface area contributed by atoms with E-state index in [1.807, 2.05) is 0 Å². The zero-order chi connectivity index (χ0) is 8.60. The molecule has 0 amide bonds. The lowest BCUT2D eigenvalue weighted by Crippen LogP contribution is -2.41. The van der Waals surface area contributed by atoms with Gasteiger partial charge in [-0.3, -0.25) is 0 Å². The van der Waals surface area contributed by atoms with Crippen molar-refractivity contribution in [2.45, 2.75) is 38.7 Å². The van der Waals surface area contributed by atoms with E-state index in [1.54, 1.807) is 0 Å². The van der Waals surface area contributed by atoms with E-state index in [-0.39, 0.29) is 5.41 Å². The average Bonchev–Trinajstić information content (AvgIpc) is 2.45. The summed E-state index contributed by atoms with van der Waals surface area (Å²) in [6.45, 7) is 3.38. The Morgan fingerprint density at radius 1 is 1.50 bits per heavy atom. The summed E-state index contributed by atoms with van der Waals surface area (Å²) in [5.74, 6) is 0.549. The highest BCUT2D eigenvalue weighted by Gasteiger charge is 2.49. The van der Waals surface area contributed by atoms with Crippen LogP contribution in [0, 0.1) is 11.3 Å². The Kier molecular flexibility index (Phi) is 2.13. The number of ether oxygens (including phenoxy) is 1. The van der Waals surface area contributed by atoms with Crippen molar-refractivity contribution in [3.8, 4) is 0 Å². The van der Waals surface area contributed by atoms with Gasteiger partial charge in [-0.2, -0.15) is 0 Å². The van der Waals surface area contributed by atoms with Crippen LogP contribution in [0.2, 0.25) is 0 Å². The van der Waals surface area contributed by atoms with Crippen molar-refractivity contribution in [3.63, 3.8) is 0 Å². The van der Waals surface area contributed by atoms with E-state index >= 15 is 0 Å². The first-order valence-corrected chi connectivity index (χ1v) is 5.02. The van der Waals surface area contributed by atoms with Crippen molar-refractivity contribution in [2.75, 3.05) is 13.2 Å². The molecule has 0 radical (unpaired) electrons. The molecule has 2 fully saturated rings. The van der Waals surface area contributed by atoms with Gasteiger partial charge in [0.15, 0.2) is 0 Å². The zero-order valence-electron chi connectivity index (χ0n) is 7.75. The van der Waals surface area contributed by atoms with Gasteiger partial charge in [0.2, 0.25) is 0 Å². The third kappa shape index (κ3) is 1.01. The summed E-state index contributed by atoms with van der Waals surface area (Å²) in [5.41, 5.74) is 0.123. The molecule has 0 bridgehead atoms. The summed E-state index contributed by atoms with van der Waals surface area (Å²) in [6, 6.07) is 0. The van der Waals surface area contributed by atoms with E-state index in [9.17, 15) is 5.11 Å². The molecule has 0 aromatic carbocycles. The third-order valence-corrected chi connectivity index (χ3v) is 3.82. The van der Waals surface area contributed by atoms with E-state index in [1.165, 1.54) is 12.8 Å². The summed E-state index contributed by atoms with van der Waals surface area (Å²) < 4.78 is 5.70. The molecule has 2 heteroatoms. The van der Waals surface area contributed by atoms with Crippen LogP contribution in [0.15, 0.2) is 0 Å². The average molecular weight is 170 g/mol. The molecule has 1 saturated carbocycles. The lowest BCUT2D eigenvalue weighted by Gasteiger charge is -2.39. The minimum Gasteiger partial charge on any atom is -0.396 e. The molecule has 0 aromatic heterocycles. The highest BCUT2D eigenvalue weighted by Crippen LogP contribution is 2.48. The Morgan fingerprint density at radius 3 is 3.00 bits per heavy atom. The molecule has 0 unspecified atom stereocenters. The van der Waals surface area contributed by atoms with Gasteiger partial charge >= 0.3 is 0 Å². The van der Waals surface area contributed by atoms with E-state index in [0.717, 1.165) is 19.4 Å². The summed E-state index contributed by atoms with van der Waals surface area (Å²) in [6.07, 6.45) is 5.22. The van der Waals surface area contributed by atoms with Gasteiger partial charge in [0, 0.05) is 5.41 Å². The molecule has 12 heavy (non-hydrogen) atoms. The maximum Gasteiger partial charge on any atom is 0.0656 e. The normalized spacial score (nSPS) is 47.5. The zero-order valence-corrected chi connectivity index (χ0v) is 7.75. The lowest BCUT2D eigenvalue weighted by atomic mass is 9.67. The summed E-state index contributed by atoms with van der Waals surface area (Å²) in [7, 11) is 0. The second-order valence-electron chi connectivity index (χ2n) is 4.36. The van der Waals surface area contributed by atoms with Crippen LogP contribution in [0.3, 0.4) is 0 Å². The quantitative estimate of drug-likeness (QED) is 0.647. The second kappa shape index (κ2) is 3.00. The molecule has 0 aromatic rings. The summed E-state index contributed by atoms with van der Waals surface area (Å²) in [5, 5.41) is 9.44. The van der Waals surface area contributed by atoms with Gasteiger partial charge in [-0.25, -0.2) is 0 Å².